The number of tetrazole rings is 3. The van der Waals surface area contributed by atoms with Crippen molar-refractivity contribution in [3.8, 4) is 68.7 Å². The van der Waals surface area contributed by atoms with Crippen LogP contribution in [-0.2, 0) is 90.9 Å². The number of carbonyl (C=O) groups is 3. The number of carboxylic acids is 2. The number of nitrogens with zero attached hydrogens (tertiary/aromatic N) is 12. The summed E-state index contributed by atoms with van der Waals surface area (Å²) >= 11 is 0. The molecule has 8 N–H and O–H groups in total. The molecule has 6 aromatic carbocycles. The molecule has 0 amide bonds. The molecular formula is C93H128N12O26. The summed E-state index contributed by atoms with van der Waals surface area (Å²) in [5, 5.41) is 116. The zero-order valence-electron chi connectivity index (χ0n) is 75.4. The number of ether oxygens (including phenoxy) is 15. The molecule has 0 aliphatic heterocycles. The van der Waals surface area contributed by atoms with Gasteiger partial charge in [0, 0.05) is 49.0 Å². The summed E-state index contributed by atoms with van der Waals surface area (Å²) < 4.78 is 90.9. The molecule has 0 fully saturated rings. The maximum Gasteiger partial charge on any atom is 0.306 e. The first-order valence-corrected chi connectivity index (χ1v) is 44.5. The highest BCUT2D eigenvalue weighted by atomic mass is 16.6. The predicted octanol–water partition coefficient (Wildman–Crippen LogP) is 9.05. The Bertz CT molecular complexity index is 4420. The Balaban J connectivity index is 0.778. The van der Waals surface area contributed by atoms with Crippen molar-refractivity contribution < 1.29 is 126 Å². The molecule has 38 heteroatoms. The number of carbonyl (C=O) groups excluding carboxylic acids is 1. The topological polar surface area (TPSA) is 482 Å². The van der Waals surface area contributed by atoms with E-state index < -0.39 is 42.1 Å². The van der Waals surface area contributed by atoms with Gasteiger partial charge in [0.2, 0.25) is 0 Å². The zero-order chi connectivity index (χ0) is 93.3. The van der Waals surface area contributed by atoms with Gasteiger partial charge < -0.3 is 112 Å². The lowest BCUT2D eigenvalue weighted by molar-refractivity contribution is -0.146. The Labute approximate surface area is 762 Å². The van der Waals surface area contributed by atoms with Crippen LogP contribution in [-0.4, -0.2) is 308 Å². The van der Waals surface area contributed by atoms with E-state index in [0.717, 1.165) is 16.7 Å². The number of rotatable bonds is 71. The predicted molar refractivity (Wildman–Crippen MR) is 475 cm³/mol. The van der Waals surface area contributed by atoms with Crippen LogP contribution in [0, 0.1) is 35.5 Å². The van der Waals surface area contributed by atoms with Crippen LogP contribution in [0.2, 0.25) is 0 Å². The molecule has 0 bridgehead atoms. The number of carboxylic acid groups (broad SMARTS) is 2. The Hall–Kier alpha value is -10.3. The Kier molecular flexibility index (Phi) is 46.6. The Morgan fingerprint density at radius 3 is 0.947 bits per heavy atom. The first-order valence-electron chi connectivity index (χ1n) is 44.5. The highest BCUT2D eigenvalue weighted by Crippen LogP contribution is 2.38. The standard InChI is InChI=1S/C93H128N12O26/c1-64(59-122-42-36-108)53-87(128-63-109)67(4)33-39-119-45-48-125-62-78(112)58-105-91(96-99-102-105)75-17-29-84(30-18-75)131-81-23-11-72(12-24-81)88(70-7-19-79(20-8-70)129-82-25-13-73(14-26-82)89-94-97-100-103(89)56-76(110)60-123-46-43-117-37-31-65(2)85(92(113)114)54-68(5)126-51-49-120-40-34-106)71-9-21-80(22-10-71)130-83-27-15-74(16-28-83)90-95-98-101-104(90)57-77(111)61-124-47-44-118-38-32-66(3)86(93(115)116)55-69(6)127-52-50-121-41-35-107/h7-30,63-69,76-78,85-88,106-108,110-112H,31-62H2,1-6H3,(H,113,114)(H,115,116). The van der Waals surface area contributed by atoms with Gasteiger partial charge in [0.25, 0.3) is 6.47 Å². The summed E-state index contributed by atoms with van der Waals surface area (Å²) in [5.41, 5.74) is 4.92. The summed E-state index contributed by atoms with van der Waals surface area (Å²) in [7, 11) is 0. The first kappa shape index (κ1) is 104. The summed E-state index contributed by atoms with van der Waals surface area (Å²) in [6.45, 7) is 16.8. The van der Waals surface area contributed by atoms with Gasteiger partial charge in [0.05, 0.1) is 188 Å². The second kappa shape index (κ2) is 58.5. The monoisotopic (exact) mass is 1830 g/mol. The largest absolute Gasteiger partial charge is 0.481 e. The number of benzene rings is 6. The number of hydrogen-bond donors (Lipinski definition) is 8. The van der Waals surface area contributed by atoms with E-state index in [-0.39, 0.29) is 160 Å². The first-order chi connectivity index (χ1) is 63.7. The molecule has 3 heterocycles. The number of aliphatic hydroxyl groups excluding tert-OH is 6. The molecule has 3 aromatic heterocycles. The van der Waals surface area contributed by atoms with Crippen LogP contribution >= 0.6 is 0 Å². The summed E-state index contributed by atoms with van der Waals surface area (Å²) in [5.74, 6) is 1.18. The normalized spacial score (nSPS) is 14.7. The van der Waals surface area contributed by atoms with Crippen molar-refractivity contribution in [2.75, 3.05) is 152 Å². The molecule has 38 nitrogen and oxygen atoms in total. The van der Waals surface area contributed by atoms with Gasteiger partial charge in [-0.25, -0.2) is 14.0 Å². The third-order valence-electron chi connectivity index (χ3n) is 21.7. The highest BCUT2D eigenvalue weighted by molar-refractivity contribution is 5.71. The molecular weight excluding hydrogens is 1700 g/mol. The minimum Gasteiger partial charge on any atom is -0.481 e. The molecule has 9 rings (SSSR count). The average molecular weight is 1830 g/mol. The van der Waals surface area contributed by atoms with Gasteiger partial charge in [0.15, 0.2) is 17.5 Å². The van der Waals surface area contributed by atoms with Crippen molar-refractivity contribution in [2.45, 2.75) is 142 Å². The number of aliphatic carboxylic acids is 2. The molecule has 0 radical (unpaired) electrons. The molecule has 9 aromatic rings. The van der Waals surface area contributed by atoms with E-state index in [2.05, 4.69) is 46.6 Å². The molecule has 131 heavy (non-hydrogen) atoms. The zero-order valence-corrected chi connectivity index (χ0v) is 75.4. The lowest BCUT2D eigenvalue weighted by atomic mass is 9.85. The van der Waals surface area contributed by atoms with Crippen LogP contribution in [0.1, 0.15) is 103 Å². The SMILES string of the molecule is CC(COCCO)CC(OC=O)C(C)CCOCCOCC(O)Cn1nnnc1-c1ccc(Oc2ccc(C(c3ccc(Oc4ccc(-c5nnnn5CC(O)COCCOCCC(C)C(CC(C)OCCOCCO)C(=O)O)cc4)cc3)c3ccc(Oc4ccc(-c5nnnn5CC(O)COCCOCCC(C)C(CC(C)OCCOCCO)C(=O)O)cc4)cc3)cc2)cc1. The van der Waals surface area contributed by atoms with Gasteiger partial charge in [-0.3, -0.25) is 14.4 Å². The van der Waals surface area contributed by atoms with Gasteiger partial charge >= 0.3 is 11.9 Å². The second-order valence-electron chi connectivity index (χ2n) is 32.2. The Morgan fingerprint density at radius 1 is 0.351 bits per heavy atom. The minimum atomic E-state index is -0.950. The highest BCUT2D eigenvalue weighted by Gasteiger charge is 2.30. The van der Waals surface area contributed by atoms with Crippen molar-refractivity contribution in [1.29, 1.82) is 0 Å². The van der Waals surface area contributed by atoms with Crippen LogP contribution in [0.15, 0.2) is 146 Å². The smallest absolute Gasteiger partial charge is 0.306 e. The molecule has 0 spiro atoms. The van der Waals surface area contributed by atoms with Gasteiger partial charge in [-0.15, -0.1) is 15.3 Å². The van der Waals surface area contributed by atoms with Gasteiger partial charge in [-0.1, -0.05) is 64.1 Å². The van der Waals surface area contributed by atoms with Gasteiger partial charge in [-0.05, 0) is 233 Å². The summed E-state index contributed by atoms with van der Waals surface area (Å²) in [6, 6.07) is 45.4. The molecule has 0 saturated carbocycles. The van der Waals surface area contributed by atoms with Crippen molar-refractivity contribution >= 4 is 18.4 Å². The van der Waals surface area contributed by atoms with E-state index in [9.17, 15) is 39.9 Å². The van der Waals surface area contributed by atoms with Gasteiger partial charge in [-0.2, -0.15) is 0 Å². The fourth-order valence-electron chi connectivity index (χ4n) is 14.5. The van der Waals surface area contributed by atoms with Gasteiger partial charge in [0.1, 0.15) is 40.6 Å². The minimum absolute atomic E-state index is 0.00933. The summed E-state index contributed by atoms with van der Waals surface area (Å²) in [6.07, 6.45) is -0.719. The number of aromatic nitrogens is 12. The van der Waals surface area contributed by atoms with Crippen molar-refractivity contribution in [2.24, 2.45) is 35.5 Å². The van der Waals surface area contributed by atoms with E-state index in [1.54, 1.807) is 0 Å². The lowest BCUT2D eigenvalue weighted by Crippen LogP contribution is -2.28. The van der Waals surface area contributed by atoms with Crippen LogP contribution in [0.3, 0.4) is 0 Å². The third-order valence-corrected chi connectivity index (χ3v) is 21.7. The maximum atomic E-state index is 12.1. The third kappa shape index (κ3) is 37.0. The summed E-state index contributed by atoms with van der Waals surface area (Å²) in [4.78, 5) is 35.5. The van der Waals surface area contributed by atoms with Crippen molar-refractivity contribution in [3.63, 3.8) is 0 Å². The Morgan fingerprint density at radius 2 is 0.634 bits per heavy atom. The van der Waals surface area contributed by atoms with E-state index >= 15 is 0 Å². The van der Waals surface area contributed by atoms with E-state index in [1.807, 2.05) is 187 Å². The average Bonchev–Trinajstić information content (AvgIpc) is 1.67. The quantitative estimate of drug-likeness (QED) is 0.01000. The van der Waals surface area contributed by atoms with Crippen LogP contribution in [0.5, 0.6) is 34.5 Å². The van der Waals surface area contributed by atoms with Crippen LogP contribution in [0.25, 0.3) is 34.2 Å². The second-order valence-corrected chi connectivity index (χ2v) is 32.2. The van der Waals surface area contributed by atoms with Crippen LogP contribution in [0.4, 0.5) is 0 Å². The molecule has 12 unspecified atom stereocenters. The van der Waals surface area contributed by atoms with Crippen LogP contribution < -0.4 is 14.2 Å². The maximum absolute atomic E-state index is 12.1. The van der Waals surface area contributed by atoms with Crippen molar-refractivity contribution in [3.05, 3.63) is 162 Å². The van der Waals surface area contributed by atoms with E-state index in [1.165, 1.54) is 14.0 Å². The molecule has 12 atom stereocenters. The number of hydrogen-bond acceptors (Lipinski definition) is 33. The molecule has 0 aliphatic carbocycles. The fourth-order valence-corrected chi connectivity index (χ4v) is 14.5. The fraction of sp³-hybridized carbons (Fsp3) is 0.548. The van der Waals surface area contributed by atoms with E-state index in [4.69, 9.17) is 86.4 Å². The van der Waals surface area contributed by atoms with E-state index in [0.29, 0.717) is 173 Å². The molecule has 0 aliphatic rings. The number of aliphatic hydroxyl groups is 6. The molecule has 0 saturated heterocycles. The lowest BCUT2D eigenvalue weighted by Gasteiger charge is -2.25. The van der Waals surface area contributed by atoms with Crippen molar-refractivity contribution in [1.82, 2.24) is 60.6 Å². The molecule has 716 valence electrons.